The van der Waals surface area contributed by atoms with E-state index in [9.17, 15) is 26.0 Å². The third-order valence-electron chi connectivity index (χ3n) is 3.42. The van der Waals surface area contributed by atoms with Crippen LogP contribution in [0.2, 0.25) is 0 Å². The van der Waals surface area contributed by atoms with Crippen LogP contribution in [-0.2, 0) is 10.0 Å². The number of anilines is 1. The zero-order valence-corrected chi connectivity index (χ0v) is 13.7. The fourth-order valence-electron chi connectivity index (χ4n) is 2.20. The molecule has 0 saturated heterocycles. The van der Waals surface area contributed by atoms with Gasteiger partial charge in [-0.25, -0.2) is 40.7 Å². The summed E-state index contributed by atoms with van der Waals surface area (Å²) < 4.78 is 78.8. The van der Waals surface area contributed by atoms with Crippen LogP contribution in [0.1, 0.15) is 0 Å². The summed E-state index contributed by atoms with van der Waals surface area (Å²) in [5.74, 6) is -7.64. The van der Waals surface area contributed by atoms with Crippen molar-refractivity contribution in [1.29, 1.82) is 0 Å². The summed E-state index contributed by atoms with van der Waals surface area (Å²) in [6, 6.07) is 1.79. The maximum absolute atomic E-state index is 13.6. The molecular formula is C14H11F4N5O2S. The molecule has 0 fully saturated rings. The highest BCUT2D eigenvalue weighted by Gasteiger charge is 2.26. The smallest absolute Gasteiger partial charge is 0.243 e. The lowest BCUT2D eigenvalue weighted by Gasteiger charge is -2.10. The lowest BCUT2D eigenvalue weighted by atomic mass is 10.3. The van der Waals surface area contributed by atoms with Crippen LogP contribution in [0.4, 0.5) is 23.4 Å². The molecule has 2 heterocycles. The van der Waals surface area contributed by atoms with Gasteiger partial charge in [-0.3, -0.25) is 0 Å². The van der Waals surface area contributed by atoms with Gasteiger partial charge in [-0.15, -0.1) is 0 Å². The van der Waals surface area contributed by atoms with Crippen molar-refractivity contribution >= 4 is 26.9 Å². The van der Waals surface area contributed by atoms with Crippen molar-refractivity contribution in [2.75, 3.05) is 18.4 Å². The number of benzene rings is 1. The number of aromatic nitrogens is 3. The average Bonchev–Trinajstić information content (AvgIpc) is 3.09. The Hall–Kier alpha value is -2.73. The van der Waals surface area contributed by atoms with Crippen molar-refractivity contribution < 1.29 is 26.0 Å². The molecule has 3 N–H and O–H groups in total. The van der Waals surface area contributed by atoms with Crippen LogP contribution in [0.25, 0.3) is 11.0 Å². The molecule has 7 nitrogen and oxygen atoms in total. The summed E-state index contributed by atoms with van der Waals surface area (Å²) in [6.45, 7) is -0.220. The van der Waals surface area contributed by atoms with Gasteiger partial charge in [0.25, 0.3) is 0 Å². The average molecular weight is 389 g/mol. The van der Waals surface area contributed by atoms with Gasteiger partial charge in [-0.2, -0.15) is 0 Å². The van der Waals surface area contributed by atoms with Crippen LogP contribution >= 0.6 is 0 Å². The molecule has 2 aromatic heterocycles. The minimum atomic E-state index is -4.59. The second-order valence-corrected chi connectivity index (χ2v) is 6.82. The maximum Gasteiger partial charge on any atom is 0.243 e. The summed E-state index contributed by atoms with van der Waals surface area (Å²) >= 11 is 0. The summed E-state index contributed by atoms with van der Waals surface area (Å²) in [6.07, 6.45) is 2.94. The largest absolute Gasteiger partial charge is 0.368 e. The van der Waals surface area contributed by atoms with E-state index in [1.807, 2.05) is 4.72 Å². The molecule has 12 heteroatoms. The molecule has 3 rings (SSSR count). The Morgan fingerprint density at radius 3 is 2.58 bits per heavy atom. The van der Waals surface area contributed by atoms with E-state index in [-0.39, 0.29) is 19.2 Å². The van der Waals surface area contributed by atoms with Crippen molar-refractivity contribution in [3.8, 4) is 0 Å². The van der Waals surface area contributed by atoms with Crippen molar-refractivity contribution in [3.63, 3.8) is 0 Å². The van der Waals surface area contributed by atoms with Crippen LogP contribution in [0.3, 0.4) is 0 Å². The predicted molar refractivity (Wildman–Crippen MR) is 83.8 cm³/mol. The van der Waals surface area contributed by atoms with Crippen molar-refractivity contribution in [2.45, 2.75) is 4.90 Å². The van der Waals surface area contributed by atoms with Crippen molar-refractivity contribution in [1.82, 2.24) is 19.7 Å². The van der Waals surface area contributed by atoms with Gasteiger partial charge in [0.15, 0.2) is 23.3 Å². The number of nitrogens with zero attached hydrogens (tertiary/aromatic N) is 2. The molecule has 0 radical (unpaired) electrons. The van der Waals surface area contributed by atoms with E-state index in [0.29, 0.717) is 16.9 Å². The van der Waals surface area contributed by atoms with Gasteiger partial charge in [0.1, 0.15) is 22.7 Å². The number of fused-ring (bicyclic) bond motifs is 1. The Labute approximate surface area is 144 Å². The molecule has 0 atom stereocenters. The highest BCUT2D eigenvalue weighted by molar-refractivity contribution is 7.89. The van der Waals surface area contributed by atoms with E-state index in [4.69, 9.17) is 0 Å². The fourth-order valence-corrected chi connectivity index (χ4v) is 3.31. The summed E-state index contributed by atoms with van der Waals surface area (Å²) in [7, 11) is -4.59. The summed E-state index contributed by atoms with van der Waals surface area (Å²) in [5, 5.41) is 3.51. The van der Waals surface area contributed by atoms with Crippen LogP contribution in [0, 0.1) is 23.3 Å². The molecule has 0 aliphatic heterocycles. The molecule has 0 amide bonds. The lowest BCUT2D eigenvalue weighted by molar-refractivity contribution is 0.396. The zero-order valence-electron chi connectivity index (χ0n) is 12.9. The molecule has 0 spiro atoms. The van der Waals surface area contributed by atoms with Crippen molar-refractivity contribution in [2.24, 2.45) is 0 Å². The van der Waals surface area contributed by atoms with Gasteiger partial charge >= 0.3 is 0 Å². The van der Waals surface area contributed by atoms with E-state index >= 15 is 0 Å². The van der Waals surface area contributed by atoms with Crippen molar-refractivity contribution in [3.05, 3.63) is 47.9 Å². The Morgan fingerprint density at radius 1 is 1.04 bits per heavy atom. The third kappa shape index (κ3) is 3.32. The molecule has 1 aromatic carbocycles. The van der Waals surface area contributed by atoms with Gasteiger partial charge in [0.2, 0.25) is 10.0 Å². The topological polar surface area (TPSA) is 99.8 Å². The molecule has 0 unspecified atom stereocenters. The van der Waals surface area contributed by atoms with Gasteiger partial charge in [0, 0.05) is 25.4 Å². The number of hydrogen-bond acceptors (Lipinski definition) is 5. The second-order valence-electron chi connectivity index (χ2n) is 5.09. The normalized spacial score (nSPS) is 11.8. The first-order chi connectivity index (χ1) is 12.3. The molecule has 0 saturated carbocycles. The van der Waals surface area contributed by atoms with Gasteiger partial charge in [-0.05, 0) is 6.07 Å². The van der Waals surface area contributed by atoms with E-state index in [1.54, 1.807) is 12.3 Å². The number of halogens is 4. The van der Waals surface area contributed by atoms with E-state index < -0.39 is 38.2 Å². The first-order valence-electron chi connectivity index (χ1n) is 7.16. The quantitative estimate of drug-likeness (QED) is 0.259. The van der Waals surface area contributed by atoms with Crippen LogP contribution in [-0.4, -0.2) is 36.5 Å². The molecular weight excluding hydrogens is 378 g/mol. The maximum atomic E-state index is 13.6. The zero-order chi connectivity index (χ0) is 18.9. The SMILES string of the molecule is O=S(=O)(NCCNc1ncnc2[nH]ccc12)c1cc(F)c(F)c(F)c1F. The first kappa shape index (κ1) is 18.1. The second kappa shape index (κ2) is 6.88. The number of hydrogen-bond donors (Lipinski definition) is 3. The first-order valence-corrected chi connectivity index (χ1v) is 8.64. The van der Waals surface area contributed by atoms with E-state index in [1.165, 1.54) is 6.33 Å². The van der Waals surface area contributed by atoms with Crippen LogP contribution in [0.5, 0.6) is 0 Å². The van der Waals surface area contributed by atoms with Gasteiger partial charge < -0.3 is 10.3 Å². The molecule has 0 aliphatic carbocycles. The molecule has 0 aliphatic rings. The minimum Gasteiger partial charge on any atom is -0.368 e. The van der Waals surface area contributed by atoms with E-state index in [2.05, 4.69) is 20.3 Å². The van der Waals surface area contributed by atoms with Gasteiger partial charge in [0.05, 0.1) is 5.39 Å². The number of nitrogens with one attached hydrogen (secondary N) is 3. The third-order valence-corrected chi connectivity index (χ3v) is 4.88. The minimum absolute atomic E-state index is 0.0320. The molecule has 26 heavy (non-hydrogen) atoms. The molecule has 138 valence electrons. The summed E-state index contributed by atoms with van der Waals surface area (Å²) in [5.41, 5.74) is 0.572. The number of H-pyrrole nitrogens is 1. The van der Waals surface area contributed by atoms with Crippen LogP contribution < -0.4 is 10.0 Å². The standard InChI is InChI=1S/C14H11F4N5O2S/c15-8-5-9(11(17)12(18)10(8)16)26(24,25)23-4-3-20-14-7-1-2-19-13(7)21-6-22-14/h1-2,5-6,23H,3-4H2,(H2,19,20,21,22). The monoisotopic (exact) mass is 389 g/mol. The number of rotatable bonds is 6. The fraction of sp³-hybridized carbons (Fsp3) is 0.143. The Morgan fingerprint density at radius 2 is 1.81 bits per heavy atom. The summed E-state index contributed by atoms with van der Waals surface area (Å²) in [4.78, 5) is 9.53. The van der Waals surface area contributed by atoms with E-state index in [0.717, 1.165) is 0 Å². The number of sulfonamides is 1. The highest BCUT2D eigenvalue weighted by atomic mass is 32.2. The Bertz CT molecular complexity index is 1070. The Kier molecular flexibility index (Phi) is 4.78. The molecule has 3 aromatic rings. The predicted octanol–water partition coefficient (Wildman–Crippen LogP) is 1.90. The van der Waals surface area contributed by atoms with Gasteiger partial charge in [-0.1, -0.05) is 0 Å². The lowest BCUT2D eigenvalue weighted by Crippen LogP contribution is -2.30. The highest BCUT2D eigenvalue weighted by Crippen LogP contribution is 2.22. The number of aromatic amines is 1. The van der Waals surface area contributed by atoms with Crippen LogP contribution in [0.15, 0.2) is 29.6 Å². The Balaban J connectivity index is 1.69. The molecule has 0 bridgehead atoms.